The van der Waals surface area contributed by atoms with Crippen molar-refractivity contribution in [2.45, 2.75) is 26.2 Å². The number of rotatable bonds is 4. The van der Waals surface area contributed by atoms with Gasteiger partial charge < -0.3 is 10.1 Å². The first kappa shape index (κ1) is 18.9. The number of halogens is 1. The summed E-state index contributed by atoms with van der Waals surface area (Å²) in [7, 11) is 0. The number of fused-ring (bicyclic) bond motifs is 1. The summed E-state index contributed by atoms with van der Waals surface area (Å²) in [6.07, 6.45) is 2.86. The molecule has 0 spiro atoms. The molecule has 0 aliphatic heterocycles. The molecule has 5 nitrogen and oxygen atoms in total. The third-order valence-corrected chi connectivity index (χ3v) is 6.11. The van der Waals surface area contributed by atoms with Crippen LogP contribution in [0.1, 0.15) is 39.7 Å². The number of benzene rings is 1. The molecule has 1 aromatic carbocycles. The standard InChI is InChI=1S/C19H17IN2O3S/c1-11-5-6-14-15(9-21)18(26-16(14)7-11)22-17(23)10-25-19(24)12-3-2-4-13(20)8-12/h2-4,8,11H,5-7,10H2,1H3,(H,22,23). The molecule has 1 N–H and O–H groups in total. The minimum atomic E-state index is -0.543. The first-order valence-corrected chi connectivity index (χ1v) is 10.1. The van der Waals surface area contributed by atoms with Gasteiger partial charge in [0, 0.05) is 8.45 Å². The smallest absolute Gasteiger partial charge is 0.338 e. The molecule has 0 fully saturated rings. The van der Waals surface area contributed by atoms with E-state index in [-0.39, 0.29) is 6.61 Å². The Labute approximate surface area is 169 Å². The maximum Gasteiger partial charge on any atom is 0.338 e. The minimum absolute atomic E-state index is 0.381. The zero-order valence-corrected chi connectivity index (χ0v) is 17.1. The number of carbonyl (C=O) groups excluding carboxylic acids is 2. The zero-order chi connectivity index (χ0) is 18.7. The van der Waals surface area contributed by atoms with Gasteiger partial charge in [-0.05, 0) is 71.5 Å². The molecule has 3 rings (SSSR count). The van der Waals surface area contributed by atoms with Gasteiger partial charge in [-0.25, -0.2) is 4.79 Å². The molecule has 1 aromatic heterocycles. The summed E-state index contributed by atoms with van der Waals surface area (Å²) < 4.78 is 5.99. The van der Waals surface area contributed by atoms with Crippen LogP contribution in [-0.2, 0) is 22.4 Å². The number of nitrogens with zero attached hydrogens (tertiary/aromatic N) is 1. The lowest BCUT2D eigenvalue weighted by Gasteiger charge is -2.17. The van der Waals surface area contributed by atoms with Crippen LogP contribution in [0.5, 0.6) is 0 Å². The van der Waals surface area contributed by atoms with Crippen LogP contribution in [0.15, 0.2) is 24.3 Å². The van der Waals surface area contributed by atoms with E-state index < -0.39 is 11.9 Å². The molecular formula is C19H17IN2O3S. The number of esters is 1. The summed E-state index contributed by atoms with van der Waals surface area (Å²) in [6.45, 7) is 1.81. The maximum absolute atomic E-state index is 12.2. The zero-order valence-electron chi connectivity index (χ0n) is 14.2. The first-order valence-electron chi connectivity index (χ1n) is 8.25. The second kappa shape index (κ2) is 8.18. The van der Waals surface area contributed by atoms with Gasteiger partial charge in [0.05, 0.1) is 11.1 Å². The molecule has 1 amide bonds. The molecule has 1 aliphatic rings. The Bertz CT molecular complexity index is 901. The predicted molar refractivity (Wildman–Crippen MR) is 108 cm³/mol. The summed E-state index contributed by atoms with van der Waals surface area (Å²) in [5, 5.41) is 12.7. The van der Waals surface area contributed by atoms with Crippen molar-refractivity contribution in [2.24, 2.45) is 5.92 Å². The topological polar surface area (TPSA) is 79.2 Å². The Kier molecular flexibility index (Phi) is 5.94. The van der Waals surface area contributed by atoms with Gasteiger partial charge in [0.2, 0.25) is 0 Å². The van der Waals surface area contributed by atoms with Crippen LogP contribution >= 0.6 is 33.9 Å². The lowest BCUT2D eigenvalue weighted by molar-refractivity contribution is -0.119. The van der Waals surface area contributed by atoms with E-state index in [1.54, 1.807) is 18.2 Å². The number of amides is 1. The van der Waals surface area contributed by atoms with Crippen LogP contribution in [0.3, 0.4) is 0 Å². The van der Waals surface area contributed by atoms with Crippen molar-refractivity contribution in [3.8, 4) is 6.07 Å². The van der Waals surface area contributed by atoms with Gasteiger partial charge in [-0.1, -0.05) is 13.0 Å². The van der Waals surface area contributed by atoms with Crippen molar-refractivity contribution in [2.75, 3.05) is 11.9 Å². The normalized spacial score (nSPS) is 15.7. The van der Waals surface area contributed by atoms with E-state index in [0.29, 0.717) is 22.0 Å². The van der Waals surface area contributed by atoms with Crippen LogP contribution < -0.4 is 5.32 Å². The quantitative estimate of drug-likeness (QED) is 0.527. The highest BCUT2D eigenvalue weighted by Crippen LogP contribution is 2.39. The molecule has 0 saturated heterocycles. The van der Waals surface area contributed by atoms with E-state index in [1.165, 1.54) is 16.2 Å². The van der Waals surface area contributed by atoms with Crippen molar-refractivity contribution in [1.29, 1.82) is 5.26 Å². The number of hydrogen-bond acceptors (Lipinski definition) is 5. The molecule has 26 heavy (non-hydrogen) atoms. The number of nitrogens with one attached hydrogen (secondary N) is 1. The average molecular weight is 480 g/mol. The Morgan fingerprint density at radius 1 is 1.46 bits per heavy atom. The van der Waals surface area contributed by atoms with Gasteiger partial charge in [-0.15, -0.1) is 11.3 Å². The second-order valence-electron chi connectivity index (χ2n) is 6.30. The van der Waals surface area contributed by atoms with Gasteiger partial charge in [0.1, 0.15) is 11.1 Å². The number of thiophene rings is 1. The van der Waals surface area contributed by atoms with E-state index >= 15 is 0 Å². The summed E-state index contributed by atoms with van der Waals surface area (Å²) in [5.74, 6) is -0.392. The van der Waals surface area contributed by atoms with Crippen LogP contribution in [0.4, 0.5) is 5.00 Å². The molecule has 1 heterocycles. The van der Waals surface area contributed by atoms with Crippen molar-refractivity contribution in [1.82, 2.24) is 0 Å². The lowest BCUT2D eigenvalue weighted by atomic mass is 9.89. The largest absolute Gasteiger partial charge is 0.452 e. The fourth-order valence-corrected chi connectivity index (χ4v) is 4.87. The third-order valence-electron chi connectivity index (χ3n) is 4.27. The highest BCUT2D eigenvalue weighted by molar-refractivity contribution is 14.1. The summed E-state index contributed by atoms with van der Waals surface area (Å²) in [6, 6.07) is 9.18. The highest BCUT2D eigenvalue weighted by Gasteiger charge is 2.24. The van der Waals surface area contributed by atoms with E-state index in [1.807, 2.05) is 6.07 Å². The third kappa shape index (κ3) is 4.24. The molecule has 7 heteroatoms. The molecule has 1 atom stereocenters. The van der Waals surface area contributed by atoms with E-state index in [9.17, 15) is 14.9 Å². The monoisotopic (exact) mass is 480 g/mol. The predicted octanol–water partition coefficient (Wildman–Crippen LogP) is 4.14. The van der Waals surface area contributed by atoms with Gasteiger partial charge in [-0.2, -0.15) is 5.26 Å². The van der Waals surface area contributed by atoms with Crippen molar-refractivity contribution in [3.63, 3.8) is 0 Å². The average Bonchev–Trinajstić information content (AvgIpc) is 2.95. The Morgan fingerprint density at radius 3 is 3.00 bits per heavy atom. The van der Waals surface area contributed by atoms with Crippen molar-refractivity contribution in [3.05, 3.63) is 49.4 Å². The molecular weight excluding hydrogens is 463 g/mol. The van der Waals surface area contributed by atoms with E-state index in [2.05, 4.69) is 40.9 Å². The summed E-state index contributed by atoms with van der Waals surface area (Å²) in [5.41, 5.74) is 2.01. The van der Waals surface area contributed by atoms with E-state index in [4.69, 9.17) is 4.74 Å². The number of nitriles is 1. The van der Waals surface area contributed by atoms with Crippen LogP contribution in [0.25, 0.3) is 0 Å². The number of anilines is 1. The Hall–Kier alpha value is -1.92. The molecule has 0 radical (unpaired) electrons. The molecule has 0 bridgehead atoms. The highest BCUT2D eigenvalue weighted by atomic mass is 127. The maximum atomic E-state index is 12.2. The van der Waals surface area contributed by atoms with Gasteiger partial charge >= 0.3 is 5.97 Å². The SMILES string of the molecule is CC1CCc2c(sc(NC(=O)COC(=O)c3cccc(I)c3)c2C#N)C1. The van der Waals surface area contributed by atoms with Gasteiger partial charge in [0.25, 0.3) is 5.91 Å². The van der Waals surface area contributed by atoms with Gasteiger partial charge in [-0.3, -0.25) is 4.79 Å². The van der Waals surface area contributed by atoms with E-state index in [0.717, 1.165) is 28.4 Å². The molecule has 134 valence electrons. The number of carbonyl (C=O) groups is 2. The Morgan fingerprint density at radius 2 is 2.27 bits per heavy atom. The first-order chi connectivity index (χ1) is 12.5. The second-order valence-corrected chi connectivity index (χ2v) is 8.65. The fourth-order valence-electron chi connectivity index (χ4n) is 2.95. The minimum Gasteiger partial charge on any atom is -0.452 e. The molecule has 1 unspecified atom stereocenters. The lowest BCUT2D eigenvalue weighted by Crippen LogP contribution is -2.21. The number of hydrogen-bond donors (Lipinski definition) is 1. The summed E-state index contributed by atoms with van der Waals surface area (Å²) >= 11 is 3.56. The van der Waals surface area contributed by atoms with Crippen molar-refractivity contribution >= 4 is 50.8 Å². The molecule has 1 aliphatic carbocycles. The fraction of sp³-hybridized carbons (Fsp3) is 0.316. The molecule has 2 aromatic rings. The number of ether oxygens (including phenoxy) is 1. The van der Waals surface area contributed by atoms with Crippen LogP contribution in [0.2, 0.25) is 0 Å². The molecule has 0 saturated carbocycles. The Balaban J connectivity index is 1.64. The van der Waals surface area contributed by atoms with Crippen molar-refractivity contribution < 1.29 is 14.3 Å². The van der Waals surface area contributed by atoms with Crippen LogP contribution in [0, 0.1) is 20.8 Å². The summed E-state index contributed by atoms with van der Waals surface area (Å²) in [4.78, 5) is 25.4. The van der Waals surface area contributed by atoms with Crippen LogP contribution in [-0.4, -0.2) is 18.5 Å². The van der Waals surface area contributed by atoms with Gasteiger partial charge in [0.15, 0.2) is 6.61 Å².